The molecule has 1 saturated carbocycles. The first kappa shape index (κ1) is 13.8. The largest absolute Gasteiger partial charge is 0.444 e. The summed E-state index contributed by atoms with van der Waals surface area (Å²) in [4.78, 5) is 4.39. The summed E-state index contributed by atoms with van der Waals surface area (Å²) in [5, 5.41) is 3.52. The van der Waals surface area contributed by atoms with E-state index in [2.05, 4.69) is 50.5 Å². The van der Waals surface area contributed by atoms with E-state index in [9.17, 15) is 0 Å². The van der Waals surface area contributed by atoms with Gasteiger partial charge in [0.1, 0.15) is 5.76 Å². The molecule has 0 amide bonds. The first-order valence-electron chi connectivity index (χ1n) is 7.03. The Morgan fingerprint density at radius 1 is 1.25 bits per heavy atom. The fourth-order valence-corrected chi connectivity index (χ4v) is 2.90. The second kappa shape index (κ2) is 5.70. The summed E-state index contributed by atoms with van der Waals surface area (Å²) in [6, 6.07) is 9.25. The third kappa shape index (κ3) is 2.96. The predicted molar refractivity (Wildman–Crippen MR) is 82.7 cm³/mol. The van der Waals surface area contributed by atoms with Gasteiger partial charge in [-0.3, -0.25) is 0 Å². The lowest BCUT2D eigenvalue weighted by atomic mass is 9.76. The van der Waals surface area contributed by atoms with Crippen molar-refractivity contribution in [3.63, 3.8) is 0 Å². The van der Waals surface area contributed by atoms with Crippen LogP contribution in [-0.2, 0) is 6.54 Å². The van der Waals surface area contributed by atoms with Crippen LogP contribution < -0.4 is 5.32 Å². The number of nitrogens with one attached hydrogen (secondary N) is 1. The normalized spacial score (nSPS) is 21.8. The number of nitrogens with zero attached hydrogens (tertiary/aromatic N) is 1. The number of hydrogen-bond acceptors (Lipinski definition) is 3. The summed E-state index contributed by atoms with van der Waals surface area (Å²) in [5.74, 6) is 2.41. The van der Waals surface area contributed by atoms with Crippen LogP contribution in [0.4, 0.5) is 0 Å². The molecule has 3 rings (SSSR count). The van der Waals surface area contributed by atoms with E-state index in [1.54, 1.807) is 0 Å². The Morgan fingerprint density at radius 2 is 1.95 bits per heavy atom. The molecule has 1 fully saturated rings. The van der Waals surface area contributed by atoms with Crippen LogP contribution in [0.25, 0.3) is 0 Å². The lowest BCUT2D eigenvalue weighted by Gasteiger charge is -2.36. The maximum Gasteiger partial charge on any atom is 0.208 e. The van der Waals surface area contributed by atoms with Gasteiger partial charge < -0.3 is 9.73 Å². The van der Waals surface area contributed by atoms with Gasteiger partial charge in [0.05, 0.1) is 12.2 Å². The molecule has 1 aromatic heterocycles. The molecule has 106 valence electrons. The van der Waals surface area contributed by atoms with Crippen LogP contribution >= 0.6 is 15.9 Å². The molecule has 0 atom stereocenters. The predicted octanol–water partition coefficient (Wildman–Crippen LogP) is 4.09. The smallest absolute Gasteiger partial charge is 0.208 e. The molecule has 0 unspecified atom stereocenters. The standard InChI is InChI=1S/C16H19BrN2O/c1-10-11(2)20-16(19-10)9-18-15-7-13(8-15)12-3-5-14(17)6-4-12/h3-6,13,15,18H,7-9H2,1-2H3. The first-order chi connectivity index (χ1) is 9.61. The van der Waals surface area contributed by atoms with Crippen LogP contribution in [0.5, 0.6) is 0 Å². The van der Waals surface area contributed by atoms with Crippen LogP contribution in [0, 0.1) is 13.8 Å². The molecule has 0 spiro atoms. The van der Waals surface area contributed by atoms with Crippen molar-refractivity contribution in [2.45, 2.75) is 45.2 Å². The van der Waals surface area contributed by atoms with Crippen molar-refractivity contribution in [2.75, 3.05) is 0 Å². The van der Waals surface area contributed by atoms with E-state index < -0.39 is 0 Å². The van der Waals surface area contributed by atoms with E-state index in [0.29, 0.717) is 12.0 Å². The van der Waals surface area contributed by atoms with Crippen LogP contribution in [0.15, 0.2) is 33.2 Å². The molecule has 1 N–H and O–H groups in total. The van der Waals surface area contributed by atoms with Crippen molar-refractivity contribution in [3.05, 3.63) is 51.6 Å². The molecular formula is C16H19BrN2O. The number of benzene rings is 1. The minimum absolute atomic E-state index is 0.580. The van der Waals surface area contributed by atoms with E-state index in [1.807, 2.05) is 13.8 Å². The number of aromatic nitrogens is 1. The molecular weight excluding hydrogens is 316 g/mol. The Kier molecular flexibility index (Phi) is 3.94. The van der Waals surface area contributed by atoms with Gasteiger partial charge in [0, 0.05) is 10.5 Å². The molecule has 0 radical (unpaired) electrons. The van der Waals surface area contributed by atoms with Gasteiger partial charge in [0.2, 0.25) is 5.89 Å². The third-order valence-corrected chi connectivity index (χ3v) is 4.62. The van der Waals surface area contributed by atoms with Crippen molar-refractivity contribution >= 4 is 15.9 Å². The van der Waals surface area contributed by atoms with Crippen LogP contribution in [0.1, 0.15) is 41.7 Å². The molecule has 4 heteroatoms. The summed E-state index contributed by atoms with van der Waals surface area (Å²) in [5.41, 5.74) is 2.43. The average Bonchev–Trinajstić information content (AvgIpc) is 2.69. The Bertz CT molecular complexity index is 566. The fourth-order valence-electron chi connectivity index (χ4n) is 2.64. The monoisotopic (exact) mass is 334 g/mol. The molecule has 0 saturated heterocycles. The topological polar surface area (TPSA) is 38.1 Å². The molecule has 1 aromatic carbocycles. The summed E-state index contributed by atoms with van der Waals surface area (Å²) in [6.07, 6.45) is 2.39. The maximum absolute atomic E-state index is 5.58. The van der Waals surface area contributed by atoms with Gasteiger partial charge in [0.25, 0.3) is 0 Å². The highest BCUT2D eigenvalue weighted by molar-refractivity contribution is 9.10. The Labute approximate surface area is 127 Å². The van der Waals surface area contributed by atoms with Gasteiger partial charge in [-0.1, -0.05) is 28.1 Å². The number of hydrogen-bond donors (Lipinski definition) is 1. The van der Waals surface area contributed by atoms with Crippen LogP contribution in [-0.4, -0.2) is 11.0 Å². The number of oxazole rings is 1. The van der Waals surface area contributed by atoms with Crippen molar-refractivity contribution in [1.82, 2.24) is 10.3 Å². The average molecular weight is 335 g/mol. The molecule has 0 bridgehead atoms. The summed E-state index contributed by atoms with van der Waals surface area (Å²) < 4.78 is 6.72. The zero-order valence-corrected chi connectivity index (χ0v) is 13.4. The van der Waals surface area contributed by atoms with E-state index in [-0.39, 0.29) is 0 Å². The van der Waals surface area contributed by atoms with Gasteiger partial charge in [-0.2, -0.15) is 0 Å². The maximum atomic E-state index is 5.58. The zero-order valence-electron chi connectivity index (χ0n) is 11.8. The highest BCUT2D eigenvalue weighted by Gasteiger charge is 2.30. The molecule has 2 aromatic rings. The second-order valence-electron chi connectivity index (χ2n) is 5.55. The van der Waals surface area contributed by atoms with Crippen LogP contribution in [0.3, 0.4) is 0 Å². The van der Waals surface area contributed by atoms with Gasteiger partial charge in [0.15, 0.2) is 0 Å². The summed E-state index contributed by atoms with van der Waals surface area (Å²) >= 11 is 3.48. The van der Waals surface area contributed by atoms with Crippen LogP contribution in [0.2, 0.25) is 0 Å². The molecule has 0 aliphatic heterocycles. The molecule has 3 nitrogen and oxygen atoms in total. The van der Waals surface area contributed by atoms with E-state index >= 15 is 0 Å². The quantitative estimate of drug-likeness (QED) is 0.915. The molecule has 20 heavy (non-hydrogen) atoms. The van der Waals surface area contributed by atoms with Gasteiger partial charge in [-0.05, 0) is 50.3 Å². The third-order valence-electron chi connectivity index (χ3n) is 4.09. The lowest BCUT2D eigenvalue weighted by molar-refractivity contribution is 0.278. The molecule has 1 heterocycles. The highest BCUT2D eigenvalue weighted by Crippen LogP contribution is 2.37. The SMILES string of the molecule is Cc1nc(CNC2CC(c3ccc(Br)cc3)C2)oc1C. The van der Waals surface area contributed by atoms with Gasteiger partial charge in [-0.15, -0.1) is 0 Å². The number of halogens is 1. The number of rotatable bonds is 4. The Hall–Kier alpha value is -1.13. The van der Waals surface area contributed by atoms with Crippen molar-refractivity contribution in [3.8, 4) is 0 Å². The highest BCUT2D eigenvalue weighted by atomic mass is 79.9. The van der Waals surface area contributed by atoms with Crippen molar-refractivity contribution in [1.29, 1.82) is 0 Å². The van der Waals surface area contributed by atoms with E-state index in [4.69, 9.17) is 4.42 Å². The van der Waals surface area contributed by atoms with E-state index in [0.717, 1.165) is 28.4 Å². The molecule has 1 aliphatic carbocycles. The first-order valence-corrected chi connectivity index (χ1v) is 7.83. The minimum atomic E-state index is 0.580. The van der Waals surface area contributed by atoms with Gasteiger partial charge >= 0.3 is 0 Å². The number of aryl methyl sites for hydroxylation is 2. The van der Waals surface area contributed by atoms with Crippen molar-refractivity contribution in [2.24, 2.45) is 0 Å². The fraction of sp³-hybridized carbons (Fsp3) is 0.438. The summed E-state index contributed by atoms with van der Waals surface area (Å²) in [7, 11) is 0. The lowest BCUT2D eigenvalue weighted by Crippen LogP contribution is -2.39. The second-order valence-corrected chi connectivity index (χ2v) is 6.46. The Morgan fingerprint density at radius 3 is 2.55 bits per heavy atom. The Balaban J connectivity index is 1.47. The summed E-state index contributed by atoms with van der Waals surface area (Å²) in [6.45, 7) is 4.67. The van der Waals surface area contributed by atoms with E-state index in [1.165, 1.54) is 18.4 Å². The van der Waals surface area contributed by atoms with Gasteiger partial charge in [-0.25, -0.2) is 4.98 Å². The molecule has 1 aliphatic rings. The zero-order chi connectivity index (χ0) is 14.1. The minimum Gasteiger partial charge on any atom is -0.444 e. The van der Waals surface area contributed by atoms with Crippen molar-refractivity contribution < 1.29 is 4.42 Å².